The Balaban J connectivity index is 1.58. The minimum absolute atomic E-state index is 0.285. The van der Waals surface area contributed by atoms with Gasteiger partial charge < -0.3 is 10.1 Å². The van der Waals surface area contributed by atoms with Crippen LogP contribution in [0.1, 0.15) is 22.4 Å². The van der Waals surface area contributed by atoms with Crippen molar-refractivity contribution in [3.05, 3.63) is 83.0 Å². The third-order valence-electron chi connectivity index (χ3n) is 4.98. The molecule has 8 heteroatoms. The van der Waals surface area contributed by atoms with Crippen LogP contribution in [0.4, 0.5) is 13.2 Å². The van der Waals surface area contributed by atoms with Crippen molar-refractivity contribution in [3.8, 4) is 11.6 Å². The summed E-state index contributed by atoms with van der Waals surface area (Å²) in [4.78, 5) is 4.65. The number of para-hydroxylation sites is 1. The summed E-state index contributed by atoms with van der Waals surface area (Å²) < 4.78 is 46.0. The number of rotatable bonds is 6. The van der Waals surface area contributed by atoms with Crippen molar-refractivity contribution < 1.29 is 17.9 Å². The largest absolute Gasteiger partial charge is 0.481 e. The number of benzene rings is 2. The Morgan fingerprint density at radius 1 is 1.00 bits per heavy atom. The summed E-state index contributed by atoms with van der Waals surface area (Å²) in [5.41, 5.74) is 3.10. The Kier molecular flexibility index (Phi) is 5.65. The predicted molar refractivity (Wildman–Crippen MR) is 112 cm³/mol. The van der Waals surface area contributed by atoms with E-state index in [1.807, 2.05) is 43.3 Å². The lowest BCUT2D eigenvalue weighted by Gasteiger charge is -2.12. The SMILES string of the molecule is COc1nc2c(cc1CNCc1cccc(C(F)(F)F)c1)c(C)nn2-c1ccccc1. The van der Waals surface area contributed by atoms with E-state index < -0.39 is 11.7 Å². The molecule has 2 aromatic carbocycles. The molecule has 0 fully saturated rings. The van der Waals surface area contributed by atoms with Gasteiger partial charge in [-0.1, -0.05) is 36.4 Å². The molecule has 5 nitrogen and oxygen atoms in total. The molecule has 0 aliphatic rings. The van der Waals surface area contributed by atoms with Gasteiger partial charge in [-0.2, -0.15) is 23.3 Å². The molecule has 0 aliphatic carbocycles. The maximum Gasteiger partial charge on any atom is 0.416 e. The zero-order valence-corrected chi connectivity index (χ0v) is 17.1. The van der Waals surface area contributed by atoms with Crippen molar-refractivity contribution in [3.63, 3.8) is 0 Å². The smallest absolute Gasteiger partial charge is 0.416 e. The fourth-order valence-corrected chi connectivity index (χ4v) is 3.46. The first kappa shape index (κ1) is 20.9. The Morgan fingerprint density at radius 2 is 1.77 bits per heavy atom. The van der Waals surface area contributed by atoms with E-state index in [0.29, 0.717) is 23.6 Å². The standard InChI is InChI=1S/C23H21F3N4O/c1-15-20-12-17(14-27-13-16-7-6-8-18(11-16)23(24,25)26)22(31-2)28-21(20)30(29-15)19-9-4-3-5-10-19/h3-12,27H,13-14H2,1-2H3. The molecule has 160 valence electrons. The molecule has 0 saturated heterocycles. The Labute approximate surface area is 177 Å². The Hall–Kier alpha value is -3.39. The first-order chi connectivity index (χ1) is 14.9. The van der Waals surface area contributed by atoms with Crippen molar-refractivity contribution in [1.29, 1.82) is 0 Å². The average Bonchev–Trinajstić information content (AvgIpc) is 3.09. The topological polar surface area (TPSA) is 52.0 Å². The fraction of sp³-hybridized carbons (Fsp3) is 0.217. The highest BCUT2D eigenvalue weighted by molar-refractivity contribution is 5.81. The van der Waals surface area contributed by atoms with Crippen LogP contribution in [0, 0.1) is 6.92 Å². The van der Waals surface area contributed by atoms with E-state index in [4.69, 9.17) is 4.74 Å². The number of hydrogen-bond acceptors (Lipinski definition) is 4. The zero-order chi connectivity index (χ0) is 22.0. The van der Waals surface area contributed by atoms with Gasteiger partial charge in [0, 0.05) is 24.0 Å². The van der Waals surface area contributed by atoms with E-state index >= 15 is 0 Å². The van der Waals surface area contributed by atoms with Gasteiger partial charge in [-0.15, -0.1) is 0 Å². The van der Waals surface area contributed by atoms with E-state index in [0.717, 1.165) is 34.5 Å². The van der Waals surface area contributed by atoms with Gasteiger partial charge in [0.15, 0.2) is 5.65 Å². The van der Waals surface area contributed by atoms with Crippen molar-refractivity contribution in [2.24, 2.45) is 0 Å². The summed E-state index contributed by atoms with van der Waals surface area (Å²) in [6.45, 7) is 2.58. The number of alkyl halides is 3. The maximum absolute atomic E-state index is 12.9. The van der Waals surface area contributed by atoms with Gasteiger partial charge in [0.1, 0.15) is 0 Å². The molecule has 0 atom stereocenters. The fourth-order valence-electron chi connectivity index (χ4n) is 3.46. The number of ether oxygens (including phenoxy) is 1. The van der Waals surface area contributed by atoms with E-state index in [-0.39, 0.29) is 6.54 Å². The van der Waals surface area contributed by atoms with Gasteiger partial charge in [-0.3, -0.25) is 0 Å². The lowest BCUT2D eigenvalue weighted by Crippen LogP contribution is -2.15. The molecular formula is C23H21F3N4O. The quantitative estimate of drug-likeness (QED) is 0.469. The Bertz CT molecular complexity index is 1200. The maximum atomic E-state index is 12.9. The first-order valence-electron chi connectivity index (χ1n) is 9.72. The zero-order valence-electron chi connectivity index (χ0n) is 17.1. The van der Waals surface area contributed by atoms with Crippen molar-refractivity contribution in [1.82, 2.24) is 20.1 Å². The molecule has 0 aliphatic heterocycles. The molecule has 0 bridgehead atoms. The number of pyridine rings is 1. The van der Waals surface area contributed by atoms with Crippen LogP contribution in [0.15, 0.2) is 60.7 Å². The van der Waals surface area contributed by atoms with Crippen molar-refractivity contribution in [2.45, 2.75) is 26.2 Å². The summed E-state index contributed by atoms with van der Waals surface area (Å²) in [5, 5.41) is 8.68. The second-order valence-corrected chi connectivity index (χ2v) is 7.16. The molecular weight excluding hydrogens is 405 g/mol. The summed E-state index contributed by atoms with van der Waals surface area (Å²) in [6, 6.07) is 17.0. The van der Waals surface area contributed by atoms with Crippen LogP contribution in [0.25, 0.3) is 16.7 Å². The number of aromatic nitrogens is 3. The molecule has 2 aromatic heterocycles. The van der Waals surface area contributed by atoms with Crippen LogP contribution in [-0.4, -0.2) is 21.9 Å². The number of nitrogens with one attached hydrogen (secondary N) is 1. The predicted octanol–water partition coefficient (Wildman–Crippen LogP) is 5.05. The minimum atomic E-state index is -4.36. The summed E-state index contributed by atoms with van der Waals surface area (Å²) >= 11 is 0. The van der Waals surface area contributed by atoms with Crippen molar-refractivity contribution >= 4 is 11.0 Å². The van der Waals surface area contributed by atoms with E-state index in [1.165, 1.54) is 6.07 Å². The van der Waals surface area contributed by atoms with Crippen LogP contribution >= 0.6 is 0 Å². The molecule has 0 amide bonds. The first-order valence-corrected chi connectivity index (χ1v) is 9.72. The van der Waals surface area contributed by atoms with Crippen LogP contribution in [0.3, 0.4) is 0 Å². The van der Waals surface area contributed by atoms with Crippen LogP contribution in [-0.2, 0) is 19.3 Å². The molecule has 0 unspecified atom stereocenters. The molecule has 2 heterocycles. The monoisotopic (exact) mass is 426 g/mol. The summed E-state index contributed by atoms with van der Waals surface area (Å²) in [7, 11) is 1.54. The second-order valence-electron chi connectivity index (χ2n) is 7.16. The van der Waals surface area contributed by atoms with Gasteiger partial charge in [-0.05, 0) is 36.8 Å². The third-order valence-corrected chi connectivity index (χ3v) is 4.98. The number of nitrogens with zero attached hydrogens (tertiary/aromatic N) is 3. The molecule has 4 rings (SSSR count). The molecule has 0 radical (unpaired) electrons. The van der Waals surface area contributed by atoms with Gasteiger partial charge >= 0.3 is 6.18 Å². The number of methoxy groups -OCH3 is 1. The molecule has 0 spiro atoms. The van der Waals surface area contributed by atoms with E-state index in [9.17, 15) is 13.2 Å². The highest BCUT2D eigenvalue weighted by Crippen LogP contribution is 2.30. The number of hydrogen-bond donors (Lipinski definition) is 1. The number of halogens is 3. The van der Waals surface area contributed by atoms with Gasteiger partial charge in [-0.25, -0.2) is 4.68 Å². The molecule has 4 aromatic rings. The number of fused-ring (bicyclic) bond motifs is 1. The highest BCUT2D eigenvalue weighted by Gasteiger charge is 2.30. The summed E-state index contributed by atoms with van der Waals surface area (Å²) in [6.07, 6.45) is -4.36. The van der Waals surface area contributed by atoms with Crippen LogP contribution in [0.2, 0.25) is 0 Å². The van der Waals surface area contributed by atoms with Gasteiger partial charge in [0.05, 0.1) is 24.1 Å². The van der Waals surface area contributed by atoms with Crippen LogP contribution in [0.5, 0.6) is 5.88 Å². The van der Waals surface area contributed by atoms with E-state index in [1.54, 1.807) is 17.9 Å². The number of aryl methyl sites for hydroxylation is 1. The summed E-state index contributed by atoms with van der Waals surface area (Å²) in [5.74, 6) is 0.445. The normalized spacial score (nSPS) is 11.8. The van der Waals surface area contributed by atoms with E-state index in [2.05, 4.69) is 15.4 Å². The van der Waals surface area contributed by atoms with Crippen molar-refractivity contribution in [2.75, 3.05) is 7.11 Å². The van der Waals surface area contributed by atoms with Crippen LogP contribution < -0.4 is 10.1 Å². The molecule has 1 N–H and O–H groups in total. The Morgan fingerprint density at radius 3 is 2.48 bits per heavy atom. The van der Waals surface area contributed by atoms with Gasteiger partial charge in [0.2, 0.25) is 5.88 Å². The lowest BCUT2D eigenvalue weighted by atomic mass is 10.1. The average molecular weight is 426 g/mol. The van der Waals surface area contributed by atoms with Gasteiger partial charge in [0.25, 0.3) is 0 Å². The second kappa shape index (κ2) is 8.39. The molecule has 0 saturated carbocycles. The minimum Gasteiger partial charge on any atom is -0.481 e. The third kappa shape index (κ3) is 4.39. The lowest BCUT2D eigenvalue weighted by molar-refractivity contribution is -0.137. The highest BCUT2D eigenvalue weighted by atomic mass is 19.4. The molecule has 31 heavy (non-hydrogen) atoms.